The van der Waals surface area contributed by atoms with E-state index in [1.807, 2.05) is 31.4 Å². The molecule has 6 heteroatoms. The predicted octanol–water partition coefficient (Wildman–Crippen LogP) is 1.06. The molecule has 0 aliphatic heterocycles. The van der Waals surface area contributed by atoms with E-state index in [0.717, 1.165) is 11.4 Å². The Morgan fingerprint density at radius 3 is 3.00 bits per heavy atom. The van der Waals surface area contributed by atoms with Crippen LogP contribution in [0.2, 0.25) is 0 Å². The highest BCUT2D eigenvalue weighted by Crippen LogP contribution is 2.12. The first-order valence-electron chi connectivity index (χ1n) is 5.14. The fourth-order valence-corrected chi connectivity index (χ4v) is 1.65. The maximum atomic E-state index is 5.60. The fraction of sp³-hybridized carbons (Fsp3) is 0.182. The van der Waals surface area contributed by atoms with Crippen LogP contribution in [0.3, 0.4) is 0 Å². The number of hydrogen-bond acceptors (Lipinski definition) is 4. The summed E-state index contributed by atoms with van der Waals surface area (Å²) in [7, 11) is 1.88. The first-order valence-corrected chi connectivity index (χ1v) is 5.55. The Morgan fingerprint density at radius 2 is 2.35 bits per heavy atom. The van der Waals surface area contributed by atoms with Gasteiger partial charge in [-0.3, -0.25) is 9.67 Å². The minimum absolute atomic E-state index is 0.286. The summed E-state index contributed by atoms with van der Waals surface area (Å²) in [5.74, 6) is 0. The predicted molar refractivity (Wildman–Crippen MR) is 70.7 cm³/mol. The third-order valence-corrected chi connectivity index (χ3v) is 2.46. The number of aryl methyl sites for hydroxylation is 1. The summed E-state index contributed by atoms with van der Waals surface area (Å²) in [4.78, 5) is 4.43. The van der Waals surface area contributed by atoms with Crippen molar-refractivity contribution in [1.29, 1.82) is 0 Å². The highest BCUT2D eigenvalue weighted by atomic mass is 32.1. The number of nitrogens with one attached hydrogen (secondary N) is 1. The summed E-state index contributed by atoms with van der Waals surface area (Å²) in [6.07, 6.45) is 3.56. The van der Waals surface area contributed by atoms with Gasteiger partial charge in [0.2, 0.25) is 0 Å². The van der Waals surface area contributed by atoms with E-state index in [2.05, 4.69) is 15.4 Å². The van der Waals surface area contributed by atoms with E-state index in [9.17, 15) is 0 Å². The summed E-state index contributed by atoms with van der Waals surface area (Å²) >= 11 is 4.94. The molecule has 2 heterocycles. The number of nitrogens with zero attached hydrogens (tertiary/aromatic N) is 3. The molecule has 0 aromatic carbocycles. The first kappa shape index (κ1) is 11.5. The molecule has 0 saturated heterocycles. The number of hydrogen-bond donors (Lipinski definition) is 2. The minimum atomic E-state index is 0.286. The van der Waals surface area contributed by atoms with Crippen LogP contribution in [0.15, 0.2) is 30.6 Å². The van der Waals surface area contributed by atoms with Gasteiger partial charge in [-0.05, 0) is 18.2 Å². The van der Waals surface area contributed by atoms with Crippen molar-refractivity contribution < 1.29 is 0 Å². The quantitative estimate of drug-likeness (QED) is 0.791. The van der Waals surface area contributed by atoms with Gasteiger partial charge in [-0.2, -0.15) is 5.10 Å². The van der Waals surface area contributed by atoms with Gasteiger partial charge in [0.05, 0.1) is 17.9 Å². The van der Waals surface area contributed by atoms with Crippen molar-refractivity contribution in [2.75, 3.05) is 5.32 Å². The van der Waals surface area contributed by atoms with Crippen molar-refractivity contribution in [3.63, 3.8) is 0 Å². The fourth-order valence-electron chi connectivity index (χ4n) is 1.49. The van der Waals surface area contributed by atoms with Crippen LogP contribution in [-0.2, 0) is 13.6 Å². The zero-order chi connectivity index (χ0) is 12.3. The molecule has 0 atom stereocenters. The Hall–Kier alpha value is -1.95. The SMILES string of the molecule is Cn1ccc(CNc2cccnc2C(N)=S)n1. The average molecular weight is 247 g/mol. The van der Waals surface area contributed by atoms with Crippen molar-refractivity contribution in [3.8, 4) is 0 Å². The van der Waals surface area contributed by atoms with Gasteiger partial charge in [-0.1, -0.05) is 12.2 Å². The second-order valence-electron chi connectivity index (χ2n) is 3.60. The Labute approximate surface area is 105 Å². The van der Waals surface area contributed by atoms with Crippen LogP contribution in [-0.4, -0.2) is 19.8 Å². The lowest BCUT2D eigenvalue weighted by molar-refractivity contribution is 0.747. The number of nitrogens with two attached hydrogens (primary N) is 1. The zero-order valence-corrected chi connectivity index (χ0v) is 10.2. The third kappa shape index (κ3) is 2.79. The maximum absolute atomic E-state index is 5.60. The van der Waals surface area contributed by atoms with Crippen LogP contribution in [0.25, 0.3) is 0 Å². The molecule has 88 valence electrons. The first-order chi connectivity index (χ1) is 8.16. The molecule has 0 amide bonds. The number of anilines is 1. The highest BCUT2D eigenvalue weighted by molar-refractivity contribution is 7.80. The monoisotopic (exact) mass is 247 g/mol. The Balaban J connectivity index is 2.11. The number of aromatic nitrogens is 3. The largest absolute Gasteiger partial charge is 0.388 e. The zero-order valence-electron chi connectivity index (χ0n) is 9.42. The number of rotatable bonds is 4. The van der Waals surface area contributed by atoms with Gasteiger partial charge in [-0.25, -0.2) is 0 Å². The van der Waals surface area contributed by atoms with Crippen molar-refractivity contribution in [2.24, 2.45) is 12.8 Å². The smallest absolute Gasteiger partial charge is 0.124 e. The molecule has 2 rings (SSSR count). The second kappa shape index (κ2) is 4.92. The molecule has 2 aromatic heterocycles. The molecular weight excluding hydrogens is 234 g/mol. The molecule has 0 bridgehead atoms. The van der Waals surface area contributed by atoms with Gasteiger partial charge >= 0.3 is 0 Å². The number of pyridine rings is 1. The minimum Gasteiger partial charge on any atom is -0.388 e. The standard InChI is InChI=1S/C11H13N5S/c1-16-6-4-8(15-16)7-14-9-3-2-5-13-10(9)11(12)17/h2-6,14H,7H2,1H3,(H2,12,17). The molecule has 0 aliphatic carbocycles. The molecule has 0 saturated carbocycles. The Kier molecular flexibility index (Phi) is 3.34. The van der Waals surface area contributed by atoms with E-state index in [0.29, 0.717) is 12.2 Å². The molecule has 0 fully saturated rings. The lowest BCUT2D eigenvalue weighted by atomic mass is 10.3. The summed E-state index contributed by atoms with van der Waals surface area (Å²) in [5, 5.41) is 7.49. The lowest BCUT2D eigenvalue weighted by Gasteiger charge is -2.08. The van der Waals surface area contributed by atoms with E-state index in [1.165, 1.54) is 0 Å². The van der Waals surface area contributed by atoms with Crippen molar-refractivity contribution in [2.45, 2.75) is 6.54 Å². The summed E-state index contributed by atoms with van der Waals surface area (Å²) in [6, 6.07) is 5.68. The highest BCUT2D eigenvalue weighted by Gasteiger charge is 2.05. The van der Waals surface area contributed by atoms with Crippen LogP contribution >= 0.6 is 12.2 Å². The summed E-state index contributed by atoms with van der Waals surface area (Å²) in [6.45, 7) is 0.613. The van der Waals surface area contributed by atoms with Crippen molar-refractivity contribution in [1.82, 2.24) is 14.8 Å². The average Bonchev–Trinajstić information content (AvgIpc) is 2.73. The van der Waals surface area contributed by atoms with Crippen LogP contribution in [0, 0.1) is 0 Å². The van der Waals surface area contributed by atoms with Gasteiger partial charge in [0.25, 0.3) is 0 Å². The molecule has 0 aliphatic rings. The summed E-state index contributed by atoms with van der Waals surface area (Å²) in [5.41, 5.74) is 7.98. The van der Waals surface area contributed by atoms with Gasteiger partial charge in [0.15, 0.2) is 0 Å². The number of thiocarbonyl (C=S) groups is 1. The summed E-state index contributed by atoms with van der Waals surface area (Å²) < 4.78 is 1.76. The van der Waals surface area contributed by atoms with E-state index in [-0.39, 0.29) is 4.99 Å². The van der Waals surface area contributed by atoms with Gasteiger partial charge < -0.3 is 11.1 Å². The van der Waals surface area contributed by atoms with E-state index >= 15 is 0 Å². The maximum Gasteiger partial charge on any atom is 0.124 e. The molecule has 0 spiro atoms. The second-order valence-corrected chi connectivity index (χ2v) is 4.04. The Morgan fingerprint density at radius 1 is 1.53 bits per heavy atom. The van der Waals surface area contributed by atoms with Crippen LogP contribution < -0.4 is 11.1 Å². The van der Waals surface area contributed by atoms with Crippen molar-refractivity contribution >= 4 is 22.9 Å². The van der Waals surface area contributed by atoms with E-state index in [1.54, 1.807) is 10.9 Å². The molecule has 5 nitrogen and oxygen atoms in total. The van der Waals surface area contributed by atoms with Crippen LogP contribution in [0.5, 0.6) is 0 Å². The normalized spacial score (nSPS) is 10.2. The third-order valence-electron chi connectivity index (χ3n) is 2.27. The van der Waals surface area contributed by atoms with Crippen LogP contribution in [0.4, 0.5) is 5.69 Å². The topological polar surface area (TPSA) is 68.8 Å². The molecule has 0 unspecified atom stereocenters. The Bertz CT molecular complexity index is 534. The van der Waals surface area contributed by atoms with Crippen LogP contribution in [0.1, 0.15) is 11.4 Å². The van der Waals surface area contributed by atoms with Gasteiger partial charge in [0.1, 0.15) is 10.7 Å². The van der Waals surface area contributed by atoms with E-state index in [4.69, 9.17) is 18.0 Å². The molecular formula is C11H13N5S. The molecule has 17 heavy (non-hydrogen) atoms. The lowest BCUT2D eigenvalue weighted by Crippen LogP contribution is -2.15. The van der Waals surface area contributed by atoms with E-state index < -0.39 is 0 Å². The molecule has 0 radical (unpaired) electrons. The van der Waals surface area contributed by atoms with Gasteiger partial charge in [0, 0.05) is 19.4 Å². The molecule has 2 aromatic rings. The molecule has 3 N–H and O–H groups in total. The van der Waals surface area contributed by atoms with Gasteiger partial charge in [-0.15, -0.1) is 0 Å². The van der Waals surface area contributed by atoms with Crippen molar-refractivity contribution in [3.05, 3.63) is 42.0 Å².